The molecule has 33 heteroatoms. The van der Waals surface area contributed by atoms with Crippen LogP contribution in [0.25, 0.3) is 43.8 Å². The van der Waals surface area contributed by atoms with Crippen molar-refractivity contribution < 1.29 is 72.2 Å². The number of nitrogens with one attached hydrogen (secondary N) is 1. The van der Waals surface area contributed by atoms with E-state index in [1.54, 1.807) is 183 Å². The Morgan fingerprint density at radius 3 is 1.31 bits per heavy atom. The van der Waals surface area contributed by atoms with Gasteiger partial charge in [0.2, 0.25) is 0 Å². The Bertz CT molecular complexity index is 5250. The monoisotopic (exact) mass is 1630 g/mol. The number of fused-ring (bicyclic) bond motifs is 3. The second-order valence-corrected chi connectivity index (χ2v) is 34.4. The molecule has 3 aromatic carbocycles. The minimum Gasteiger partial charge on any atom is -0.469 e. The minimum absolute atomic E-state index is 0. The maximum atomic E-state index is 13.0. The second-order valence-electron chi connectivity index (χ2n) is 27.2. The van der Waals surface area contributed by atoms with Crippen LogP contribution in [-0.2, 0) is 78.7 Å². The standard InChI is InChI=1S/C20H16N4O4S.C19H21BN2O4S.C13H9BrN2O2S.C12H24B2O4.C8H8BrNO2.CH4/c1-28-20(25)23-19-11-14(7-9-22-19)17-12-21-13-18-16(17)8-10-24(18)29(26,27)15-5-3-2-4-6-15;1-18(2)19(3,4)26-20(25-18)16-12-21-13-17-15(16)10-11-22(17)27(23,24)14-8-6-5-7-9-14;14-12-8-15-9-13-11(12)6-7-16(13)19(17,18)10-4-2-1-3-5-10;1-9(2)10(3,4)16-13(15-9)14-17-11(5,6)12(7,8)18-14;1-12-8(11)5-7-4-6(9)2-3-10-7;/h2-13H,1H3,(H,22,23,25);5-13H,1-4H3;1-9H;1-8H3;2-4H,5H2,1H3;1H4. The third kappa shape index (κ3) is 17.4. The highest BCUT2D eigenvalue weighted by Gasteiger charge is 2.64. The highest BCUT2D eigenvalue weighted by Crippen LogP contribution is 2.44. The van der Waals surface area contributed by atoms with Gasteiger partial charge in [0.25, 0.3) is 30.1 Å². The topological polar surface area (TPSA) is 302 Å². The van der Waals surface area contributed by atoms with E-state index < -0.39 is 68.5 Å². The first-order chi connectivity index (χ1) is 49.3. The zero-order valence-electron chi connectivity index (χ0n) is 60.1. The number of nitrogens with zero attached hydrogens (tertiary/aromatic N) is 8. The number of methoxy groups -OCH3 is 2. The first-order valence-electron chi connectivity index (χ1n) is 32.8. The number of carbonyl (C=O) groups is 2. The number of halogens is 2. The van der Waals surface area contributed by atoms with Crippen LogP contribution >= 0.6 is 31.9 Å². The van der Waals surface area contributed by atoms with Crippen molar-refractivity contribution in [1.29, 1.82) is 0 Å². The number of esters is 1. The Balaban J connectivity index is 0.000000157. The molecule has 8 aromatic heterocycles. The molecule has 11 heterocycles. The lowest BCUT2D eigenvalue weighted by Gasteiger charge is -2.32. The highest BCUT2D eigenvalue weighted by molar-refractivity contribution is 9.11. The molecule has 0 bridgehead atoms. The molecule has 0 radical (unpaired) electrons. The lowest BCUT2D eigenvalue weighted by atomic mass is 9.49. The number of benzene rings is 3. The van der Waals surface area contributed by atoms with E-state index in [9.17, 15) is 34.8 Å². The summed E-state index contributed by atoms with van der Waals surface area (Å²) in [7, 11) is -9.99. The van der Waals surface area contributed by atoms with E-state index in [1.165, 1.54) is 44.7 Å². The molecule has 0 saturated carbocycles. The van der Waals surface area contributed by atoms with Gasteiger partial charge in [0.15, 0.2) is 0 Å². The van der Waals surface area contributed by atoms with Gasteiger partial charge < -0.3 is 37.4 Å². The molecule has 0 aliphatic carbocycles. The van der Waals surface area contributed by atoms with Gasteiger partial charge in [-0.2, -0.15) is 0 Å². The number of ether oxygens (including phenoxy) is 2. The molecule has 0 unspecified atom stereocenters. The van der Waals surface area contributed by atoms with Crippen LogP contribution in [0.15, 0.2) is 225 Å². The summed E-state index contributed by atoms with van der Waals surface area (Å²) >= 11 is 6.64. The molecule has 25 nitrogen and oxygen atoms in total. The van der Waals surface area contributed by atoms with Crippen LogP contribution in [0.2, 0.25) is 0 Å². The van der Waals surface area contributed by atoms with Gasteiger partial charge in [0.05, 0.1) is 110 Å². The molecule has 0 atom stereocenters. The summed E-state index contributed by atoms with van der Waals surface area (Å²) in [6, 6.07) is 37.1. The zero-order chi connectivity index (χ0) is 76.3. The van der Waals surface area contributed by atoms with Crippen molar-refractivity contribution in [1.82, 2.24) is 36.8 Å². The van der Waals surface area contributed by atoms with Crippen LogP contribution in [-0.4, -0.2) is 143 Å². The molecule has 1 N–H and O–H groups in total. The fourth-order valence-electron chi connectivity index (χ4n) is 10.8. The Labute approximate surface area is 635 Å². The number of carbonyl (C=O) groups excluding carboxylic acids is 2. The lowest BCUT2D eigenvalue weighted by Crippen LogP contribution is -2.41. The van der Waals surface area contributed by atoms with Crippen LogP contribution in [0.5, 0.6) is 0 Å². The van der Waals surface area contributed by atoms with Gasteiger partial charge in [-0.05, 0) is 183 Å². The first-order valence-corrected chi connectivity index (χ1v) is 38.7. The second kappa shape index (κ2) is 32.2. The van der Waals surface area contributed by atoms with Crippen molar-refractivity contribution in [2.75, 3.05) is 19.5 Å². The number of hydrogen-bond acceptors (Lipinski definition) is 21. The van der Waals surface area contributed by atoms with Crippen molar-refractivity contribution in [3.05, 3.63) is 216 Å². The van der Waals surface area contributed by atoms with Gasteiger partial charge in [-0.25, -0.2) is 46.9 Å². The van der Waals surface area contributed by atoms with Crippen LogP contribution < -0.4 is 10.8 Å². The SMILES string of the molecule is C.CC1(C)OB(B2OC(C)(C)C(C)(C)O2)OC1(C)C.CC1(C)OB(c2cncc3c2ccn3S(=O)(=O)c2ccccc2)OC1(C)C.COC(=O)Cc1cc(Br)ccn1.COC(=O)Nc1cc(-c2cncc3c2ccn3S(=O)(=O)c2ccccc2)ccn1.O=S(=O)(c1ccccc1)n1ccc2c(Br)cncc21. The summed E-state index contributed by atoms with van der Waals surface area (Å²) in [5, 5.41) is 4.76. The summed E-state index contributed by atoms with van der Waals surface area (Å²) in [5.74, 6) is 0.0308. The van der Waals surface area contributed by atoms with Crippen molar-refractivity contribution in [3.8, 4) is 11.1 Å². The number of rotatable bonds is 12. The fraction of sp³-hybridized carbons (Fsp3) is 0.301. The molecule has 3 aliphatic rings. The van der Waals surface area contributed by atoms with E-state index in [1.807, 2.05) is 83.1 Å². The Kier molecular flexibility index (Phi) is 24.8. The Morgan fingerprint density at radius 1 is 0.472 bits per heavy atom. The maximum absolute atomic E-state index is 13.0. The number of pyridine rings is 5. The summed E-state index contributed by atoms with van der Waals surface area (Å²) in [5.41, 5.74) is 1.93. The predicted molar refractivity (Wildman–Crippen MR) is 416 cm³/mol. The maximum Gasteiger partial charge on any atom is 0.497 e. The lowest BCUT2D eigenvalue weighted by molar-refractivity contribution is -0.139. The van der Waals surface area contributed by atoms with Crippen LogP contribution in [0, 0.1) is 0 Å². The fourth-order valence-corrected chi connectivity index (χ4v) is 15.7. The summed E-state index contributed by atoms with van der Waals surface area (Å²) in [6.45, 7) is 24.1. The van der Waals surface area contributed by atoms with Gasteiger partial charge in [-0.1, -0.05) is 78.0 Å². The van der Waals surface area contributed by atoms with E-state index in [0.29, 0.717) is 44.5 Å². The average Bonchev–Trinajstić information content (AvgIpc) is 1.59. The van der Waals surface area contributed by atoms with Gasteiger partial charge in [0, 0.05) is 85.7 Å². The molecule has 556 valence electrons. The average molecular weight is 1630 g/mol. The minimum atomic E-state index is -3.76. The Hall–Kier alpha value is -8.47. The number of amides is 1. The Morgan fingerprint density at radius 2 is 0.868 bits per heavy atom. The summed E-state index contributed by atoms with van der Waals surface area (Å²) < 4.78 is 128. The normalized spacial score (nSPS) is 16.5. The highest BCUT2D eigenvalue weighted by atomic mass is 79.9. The van der Waals surface area contributed by atoms with Crippen LogP contribution in [0.3, 0.4) is 0 Å². The molecule has 3 aliphatic heterocycles. The largest absolute Gasteiger partial charge is 0.497 e. The van der Waals surface area contributed by atoms with Crippen LogP contribution in [0.4, 0.5) is 10.6 Å². The van der Waals surface area contributed by atoms with E-state index in [2.05, 4.69) is 71.6 Å². The quantitative estimate of drug-likeness (QED) is 0.0877. The molecule has 3 fully saturated rings. The number of hydrogen-bond donors (Lipinski definition) is 1. The van der Waals surface area contributed by atoms with E-state index >= 15 is 0 Å². The molecular formula is C73H82B3Br2N9O16S3. The van der Waals surface area contributed by atoms with E-state index in [-0.39, 0.29) is 56.9 Å². The number of aromatic nitrogens is 8. The van der Waals surface area contributed by atoms with Crippen molar-refractivity contribution in [3.63, 3.8) is 0 Å². The molecular weight excluding hydrogens is 1550 g/mol. The number of anilines is 1. The molecule has 1 amide bonds. The van der Waals surface area contributed by atoms with Gasteiger partial charge >= 0.3 is 33.2 Å². The van der Waals surface area contributed by atoms with Crippen LogP contribution in [0.1, 0.15) is 96.2 Å². The first kappa shape index (κ1) is 81.6. The zero-order valence-corrected chi connectivity index (χ0v) is 65.7. The molecule has 0 spiro atoms. The van der Waals surface area contributed by atoms with Crippen molar-refractivity contribution >= 4 is 139 Å². The van der Waals surface area contributed by atoms with Crippen molar-refractivity contribution in [2.24, 2.45) is 0 Å². The van der Waals surface area contributed by atoms with Gasteiger partial charge in [-0.3, -0.25) is 30.0 Å². The smallest absolute Gasteiger partial charge is 0.469 e. The van der Waals surface area contributed by atoms with Gasteiger partial charge in [-0.15, -0.1) is 0 Å². The molecule has 106 heavy (non-hydrogen) atoms. The summed E-state index contributed by atoms with van der Waals surface area (Å²) in [4.78, 5) is 43.5. The molecule has 14 rings (SSSR count). The molecule has 3 saturated heterocycles. The third-order valence-electron chi connectivity index (χ3n) is 18.7. The van der Waals surface area contributed by atoms with Gasteiger partial charge in [0.1, 0.15) is 5.82 Å². The third-order valence-corrected chi connectivity index (χ3v) is 25.0. The summed E-state index contributed by atoms with van der Waals surface area (Å²) in [6.07, 6.45) is 16.9. The van der Waals surface area contributed by atoms with E-state index in [4.69, 9.17) is 27.9 Å². The van der Waals surface area contributed by atoms with Crippen molar-refractivity contribution in [2.45, 2.75) is 145 Å². The predicted octanol–water partition coefficient (Wildman–Crippen LogP) is 13.6. The van der Waals surface area contributed by atoms with E-state index in [0.717, 1.165) is 25.3 Å². The molecule has 11 aromatic rings.